The predicted octanol–water partition coefficient (Wildman–Crippen LogP) is 2.83. The second-order valence-corrected chi connectivity index (χ2v) is 4.25. The number of aryl methyl sites for hydroxylation is 1. The van der Waals surface area contributed by atoms with Crippen molar-refractivity contribution in [1.82, 2.24) is 0 Å². The van der Waals surface area contributed by atoms with Crippen LogP contribution in [0.25, 0.3) is 0 Å². The molecule has 0 spiro atoms. The first-order chi connectivity index (χ1) is 8.45. The van der Waals surface area contributed by atoms with Crippen molar-refractivity contribution in [1.29, 1.82) is 0 Å². The fourth-order valence-corrected chi connectivity index (χ4v) is 1.57. The number of ether oxygens (including phenoxy) is 1. The predicted molar refractivity (Wildman–Crippen MR) is 68.1 cm³/mol. The number of benzene rings is 1. The largest absolute Gasteiger partial charge is 0.479 e. The summed E-state index contributed by atoms with van der Waals surface area (Å²) in [5, 5.41) is 8.77. The second-order valence-electron chi connectivity index (χ2n) is 4.25. The third kappa shape index (κ3) is 3.58. The van der Waals surface area contributed by atoms with E-state index in [1.54, 1.807) is 25.1 Å². The van der Waals surface area contributed by atoms with E-state index in [4.69, 9.17) is 9.84 Å². The molecule has 1 N–H and O–H groups in total. The lowest BCUT2D eigenvalue weighted by atomic mass is 10.0. The van der Waals surface area contributed by atoms with Gasteiger partial charge in [-0.3, -0.25) is 4.79 Å². The number of carbonyl (C=O) groups excluding carboxylic acids is 1. The molecule has 1 rings (SSSR count). The van der Waals surface area contributed by atoms with Crippen LogP contribution >= 0.6 is 0 Å². The maximum absolute atomic E-state index is 11.7. The first-order valence-electron chi connectivity index (χ1n) is 5.99. The fraction of sp³-hybridized carbons (Fsp3) is 0.429. The highest BCUT2D eigenvalue weighted by molar-refractivity contribution is 5.96. The Morgan fingerprint density at radius 1 is 1.39 bits per heavy atom. The van der Waals surface area contributed by atoms with Crippen molar-refractivity contribution in [3.8, 4) is 5.75 Å². The summed E-state index contributed by atoms with van der Waals surface area (Å²) in [4.78, 5) is 22.4. The minimum atomic E-state index is -1.01. The van der Waals surface area contributed by atoms with Crippen molar-refractivity contribution >= 4 is 11.8 Å². The van der Waals surface area contributed by atoms with E-state index in [9.17, 15) is 9.59 Å². The maximum Gasteiger partial charge on any atom is 0.344 e. The topological polar surface area (TPSA) is 63.6 Å². The van der Waals surface area contributed by atoms with Gasteiger partial charge in [-0.05, 0) is 44.0 Å². The van der Waals surface area contributed by atoms with Gasteiger partial charge in [0.1, 0.15) is 5.75 Å². The van der Waals surface area contributed by atoms with Gasteiger partial charge in [0.05, 0.1) is 0 Å². The smallest absolute Gasteiger partial charge is 0.344 e. The minimum absolute atomic E-state index is 0.0958. The van der Waals surface area contributed by atoms with E-state index < -0.39 is 12.1 Å². The van der Waals surface area contributed by atoms with Gasteiger partial charge in [-0.1, -0.05) is 6.92 Å². The molecule has 0 saturated heterocycles. The molecule has 0 aliphatic heterocycles. The maximum atomic E-state index is 11.7. The number of carboxylic acid groups (broad SMARTS) is 1. The van der Waals surface area contributed by atoms with E-state index >= 15 is 0 Å². The van der Waals surface area contributed by atoms with E-state index in [0.29, 0.717) is 17.7 Å². The Balaban J connectivity index is 2.86. The van der Waals surface area contributed by atoms with Gasteiger partial charge in [0.2, 0.25) is 0 Å². The Morgan fingerprint density at radius 2 is 2.06 bits per heavy atom. The van der Waals surface area contributed by atoms with Crippen molar-refractivity contribution in [3.63, 3.8) is 0 Å². The molecule has 0 aliphatic rings. The van der Waals surface area contributed by atoms with Crippen LogP contribution in [0.2, 0.25) is 0 Å². The molecule has 0 bridgehead atoms. The first kappa shape index (κ1) is 14.2. The summed E-state index contributed by atoms with van der Waals surface area (Å²) < 4.78 is 5.29. The normalized spacial score (nSPS) is 11.9. The standard InChI is InChI=1S/C14H18O4/c1-4-5-12(15)11-6-7-13(9(2)8-11)18-10(3)14(16)17/h6-8,10H,4-5H2,1-3H3,(H,16,17). The lowest BCUT2D eigenvalue weighted by molar-refractivity contribution is -0.144. The summed E-state index contributed by atoms with van der Waals surface area (Å²) in [7, 11) is 0. The SMILES string of the molecule is CCCC(=O)c1ccc(OC(C)C(=O)O)c(C)c1. The number of rotatable bonds is 6. The van der Waals surface area contributed by atoms with Gasteiger partial charge in [-0.15, -0.1) is 0 Å². The number of aliphatic carboxylic acids is 1. The lowest BCUT2D eigenvalue weighted by Crippen LogP contribution is -2.23. The summed E-state index contributed by atoms with van der Waals surface area (Å²) in [5.74, 6) is -0.420. The van der Waals surface area contributed by atoms with Gasteiger partial charge in [0.25, 0.3) is 0 Å². The number of carbonyl (C=O) groups is 2. The summed E-state index contributed by atoms with van der Waals surface area (Å²) in [6.07, 6.45) is 0.429. The number of ketones is 1. The second kappa shape index (κ2) is 6.19. The fourth-order valence-electron chi connectivity index (χ4n) is 1.57. The van der Waals surface area contributed by atoms with Crippen LogP contribution in [-0.2, 0) is 4.79 Å². The average Bonchev–Trinajstić information content (AvgIpc) is 2.31. The lowest BCUT2D eigenvalue weighted by Gasteiger charge is -2.13. The molecule has 0 radical (unpaired) electrons. The highest BCUT2D eigenvalue weighted by Gasteiger charge is 2.14. The van der Waals surface area contributed by atoms with Gasteiger partial charge in [-0.2, -0.15) is 0 Å². The Labute approximate surface area is 107 Å². The molecule has 1 aromatic rings. The van der Waals surface area contributed by atoms with E-state index in [1.165, 1.54) is 6.92 Å². The van der Waals surface area contributed by atoms with Crippen molar-refractivity contribution in [2.24, 2.45) is 0 Å². The number of Topliss-reactive ketones (excluding diaryl/α,β-unsaturated/α-hetero) is 1. The number of carboxylic acids is 1. The Bertz CT molecular complexity index is 451. The average molecular weight is 250 g/mol. The summed E-state index contributed by atoms with van der Waals surface area (Å²) in [6.45, 7) is 5.22. The molecule has 4 heteroatoms. The van der Waals surface area contributed by atoms with Gasteiger partial charge in [-0.25, -0.2) is 4.79 Å². The van der Waals surface area contributed by atoms with Crippen molar-refractivity contribution in [3.05, 3.63) is 29.3 Å². The zero-order valence-electron chi connectivity index (χ0n) is 10.9. The highest BCUT2D eigenvalue weighted by atomic mass is 16.5. The molecule has 0 aromatic heterocycles. The van der Waals surface area contributed by atoms with E-state index in [2.05, 4.69) is 0 Å². The molecule has 0 fully saturated rings. The molecule has 18 heavy (non-hydrogen) atoms. The van der Waals surface area contributed by atoms with Crippen LogP contribution in [0.15, 0.2) is 18.2 Å². The molecular formula is C14H18O4. The van der Waals surface area contributed by atoms with Crippen LogP contribution < -0.4 is 4.74 Å². The van der Waals surface area contributed by atoms with Gasteiger partial charge >= 0.3 is 5.97 Å². The molecule has 1 unspecified atom stereocenters. The monoisotopic (exact) mass is 250 g/mol. The third-order valence-electron chi connectivity index (χ3n) is 2.63. The molecule has 1 aromatic carbocycles. The van der Waals surface area contributed by atoms with Crippen molar-refractivity contribution in [2.75, 3.05) is 0 Å². The van der Waals surface area contributed by atoms with Crippen LogP contribution in [0.4, 0.5) is 0 Å². The molecular weight excluding hydrogens is 232 g/mol. The zero-order chi connectivity index (χ0) is 13.7. The molecule has 0 heterocycles. The van der Waals surface area contributed by atoms with E-state index in [-0.39, 0.29) is 5.78 Å². The Kier molecular flexibility index (Phi) is 4.89. The summed E-state index contributed by atoms with van der Waals surface area (Å²) >= 11 is 0. The van der Waals surface area contributed by atoms with E-state index in [1.807, 2.05) is 6.92 Å². The van der Waals surface area contributed by atoms with Crippen LogP contribution in [0.1, 0.15) is 42.6 Å². The quantitative estimate of drug-likeness (QED) is 0.788. The molecule has 1 atom stereocenters. The van der Waals surface area contributed by atoms with Crippen molar-refractivity contribution in [2.45, 2.75) is 39.7 Å². The number of hydrogen-bond donors (Lipinski definition) is 1. The minimum Gasteiger partial charge on any atom is -0.479 e. The highest BCUT2D eigenvalue weighted by Crippen LogP contribution is 2.21. The molecule has 0 saturated carbocycles. The number of hydrogen-bond acceptors (Lipinski definition) is 3. The van der Waals surface area contributed by atoms with Gasteiger partial charge in [0.15, 0.2) is 11.9 Å². The van der Waals surface area contributed by atoms with Crippen LogP contribution in [-0.4, -0.2) is 23.0 Å². The summed E-state index contributed by atoms with van der Waals surface area (Å²) in [6, 6.07) is 5.06. The molecule has 0 amide bonds. The van der Waals surface area contributed by atoms with Crippen LogP contribution in [0.5, 0.6) is 5.75 Å². The molecule has 0 aliphatic carbocycles. The molecule has 98 valence electrons. The van der Waals surface area contributed by atoms with Gasteiger partial charge < -0.3 is 9.84 Å². The Morgan fingerprint density at radius 3 is 2.56 bits per heavy atom. The zero-order valence-corrected chi connectivity index (χ0v) is 10.9. The van der Waals surface area contributed by atoms with E-state index in [0.717, 1.165) is 12.0 Å². The first-order valence-corrected chi connectivity index (χ1v) is 5.99. The van der Waals surface area contributed by atoms with Crippen LogP contribution in [0, 0.1) is 6.92 Å². The van der Waals surface area contributed by atoms with Crippen molar-refractivity contribution < 1.29 is 19.4 Å². The Hall–Kier alpha value is -1.84. The van der Waals surface area contributed by atoms with Gasteiger partial charge in [0, 0.05) is 12.0 Å². The summed E-state index contributed by atoms with van der Waals surface area (Å²) in [5.41, 5.74) is 1.41. The molecule has 4 nitrogen and oxygen atoms in total. The third-order valence-corrected chi connectivity index (χ3v) is 2.63. The van der Waals surface area contributed by atoms with Crippen LogP contribution in [0.3, 0.4) is 0 Å².